The zero-order chi connectivity index (χ0) is 21.2. The number of rotatable bonds is 7. The lowest BCUT2D eigenvalue weighted by Gasteiger charge is -2.10. The van der Waals surface area contributed by atoms with E-state index in [4.69, 9.17) is 4.74 Å². The van der Waals surface area contributed by atoms with Crippen molar-refractivity contribution >= 4 is 29.6 Å². The van der Waals surface area contributed by atoms with Crippen molar-refractivity contribution in [2.45, 2.75) is 20.8 Å². The van der Waals surface area contributed by atoms with Gasteiger partial charge in [-0.15, -0.1) is 0 Å². The van der Waals surface area contributed by atoms with E-state index in [1.54, 1.807) is 31.2 Å². The first-order valence-corrected chi connectivity index (χ1v) is 9.11. The standard InChI is InChI=1S/C21H24N4O4/c1-4-22-20(27)21(28)25-23-12-16-7-5-6-8-18(16)29-13-19(26)24-17-10-9-14(2)15(3)11-17/h5-12H,4,13H2,1-3H3,(H,22,27)(H,24,26)(H,25,28)/b23-12-. The van der Waals surface area contributed by atoms with Crippen LogP contribution in [0.15, 0.2) is 47.6 Å². The second-order valence-electron chi connectivity index (χ2n) is 6.23. The molecule has 0 saturated carbocycles. The maximum Gasteiger partial charge on any atom is 0.329 e. The van der Waals surface area contributed by atoms with Gasteiger partial charge in [-0.2, -0.15) is 5.10 Å². The molecule has 3 amide bonds. The highest BCUT2D eigenvalue weighted by atomic mass is 16.5. The Morgan fingerprint density at radius 1 is 1.03 bits per heavy atom. The average Bonchev–Trinajstić information content (AvgIpc) is 2.70. The Balaban J connectivity index is 1.93. The monoisotopic (exact) mass is 396 g/mol. The number of carbonyl (C=O) groups is 3. The topological polar surface area (TPSA) is 109 Å². The van der Waals surface area contributed by atoms with Crippen molar-refractivity contribution in [3.05, 3.63) is 59.2 Å². The smallest absolute Gasteiger partial charge is 0.329 e. The largest absolute Gasteiger partial charge is 0.483 e. The number of nitrogens with one attached hydrogen (secondary N) is 3. The zero-order valence-corrected chi connectivity index (χ0v) is 16.6. The van der Waals surface area contributed by atoms with Crippen molar-refractivity contribution in [1.29, 1.82) is 0 Å². The summed E-state index contributed by atoms with van der Waals surface area (Å²) in [6, 6.07) is 12.6. The molecular weight excluding hydrogens is 372 g/mol. The highest BCUT2D eigenvalue weighted by molar-refractivity contribution is 6.35. The Hall–Kier alpha value is -3.68. The molecule has 0 radical (unpaired) electrons. The third-order valence-electron chi connectivity index (χ3n) is 3.98. The molecule has 0 heterocycles. The Morgan fingerprint density at radius 3 is 2.52 bits per heavy atom. The van der Waals surface area contributed by atoms with E-state index in [0.29, 0.717) is 23.5 Å². The van der Waals surface area contributed by atoms with Crippen LogP contribution in [-0.2, 0) is 14.4 Å². The number of anilines is 1. The Morgan fingerprint density at radius 2 is 1.79 bits per heavy atom. The number of aryl methyl sites for hydroxylation is 2. The Kier molecular flexibility index (Phi) is 7.90. The van der Waals surface area contributed by atoms with E-state index in [1.165, 1.54) is 6.21 Å². The molecule has 0 fully saturated rings. The number of ether oxygens (including phenoxy) is 1. The highest BCUT2D eigenvalue weighted by Crippen LogP contribution is 2.17. The van der Waals surface area contributed by atoms with Gasteiger partial charge in [-0.05, 0) is 56.2 Å². The summed E-state index contributed by atoms with van der Waals surface area (Å²) in [7, 11) is 0. The first-order chi connectivity index (χ1) is 13.9. The molecule has 2 rings (SSSR count). The first kappa shape index (κ1) is 21.6. The summed E-state index contributed by atoms with van der Waals surface area (Å²) in [6.07, 6.45) is 1.34. The van der Waals surface area contributed by atoms with Gasteiger partial charge in [0.1, 0.15) is 5.75 Å². The molecule has 2 aromatic rings. The van der Waals surface area contributed by atoms with Crippen molar-refractivity contribution in [1.82, 2.24) is 10.7 Å². The van der Waals surface area contributed by atoms with Gasteiger partial charge in [-0.1, -0.05) is 18.2 Å². The average molecular weight is 396 g/mol. The summed E-state index contributed by atoms with van der Waals surface area (Å²) in [6.45, 7) is 5.83. The molecule has 0 unspecified atom stereocenters. The fourth-order valence-electron chi connectivity index (χ4n) is 2.33. The molecule has 8 nitrogen and oxygen atoms in total. The molecule has 0 aromatic heterocycles. The van der Waals surface area contributed by atoms with Gasteiger partial charge >= 0.3 is 11.8 Å². The minimum Gasteiger partial charge on any atom is -0.483 e. The van der Waals surface area contributed by atoms with Crippen LogP contribution in [0.1, 0.15) is 23.6 Å². The van der Waals surface area contributed by atoms with Crippen LogP contribution in [0.3, 0.4) is 0 Å². The van der Waals surface area contributed by atoms with Gasteiger partial charge in [0.15, 0.2) is 6.61 Å². The molecule has 2 aromatic carbocycles. The molecule has 3 N–H and O–H groups in total. The number of para-hydroxylation sites is 1. The second-order valence-corrected chi connectivity index (χ2v) is 6.23. The minimum atomic E-state index is -0.866. The van der Waals surface area contributed by atoms with Crippen LogP contribution >= 0.6 is 0 Å². The second kappa shape index (κ2) is 10.6. The van der Waals surface area contributed by atoms with Crippen LogP contribution in [0.2, 0.25) is 0 Å². The van der Waals surface area contributed by atoms with E-state index in [0.717, 1.165) is 11.1 Å². The Labute approximate surface area is 169 Å². The van der Waals surface area contributed by atoms with Gasteiger partial charge in [-0.25, -0.2) is 5.43 Å². The van der Waals surface area contributed by atoms with E-state index >= 15 is 0 Å². The van der Waals surface area contributed by atoms with Gasteiger partial charge in [0.05, 0.1) is 6.21 Å². The summed E-state index contributed by atoms with van der Waals surface area (Å²) in [4.78, 5) is 35.0. The van der Waals surface area contributed by atoms with E-state index < -0.39 is 11.8 Å². The molecule has 0 aliphatic rings. The number of carbonyl (C=O) groups excluding carboxylic acids is 3. The van der Waals surface area contributed by atoms with Gasteiger partial charge in [0.25, 0.3) is 5.91 Å². The molecule has 0 aliphatic carbocycles. The molecule has 0 atom stereocenters. The zero-order valence-electron chi connectivity index (χ0n) is 16.6. The van der Waals surface area contributed by atoms with Crippen LogP contribution < -0.4 is 20.8 Å². The number of nitrogens with zero attached hydrogens (tertiary/aromatic N) is 1. The van der Waals surface area contributed by atoms with E-state index in [2.05, 4.69) is 21.2 Å². The molecule has 0 saturated heterocycles. The molecule has 29 heavy (non-hydrogen) atoms. The van der Waals surface area contributed by atoms with Crippen molar-refractivity contribution in [2.75, 3.05) is 18.5 Å². The lowest BCUT2D eigenvalue weighted by molar-refractivity contribution is -0.139. The summed E-state index contributed by atoms with van der Waals surface area (Å²) < 4.78 is 5.57. The summed E-state index contributed by atoms with van der Waals surface area (Å²) in [5.41, 5.74) is 5.61. The van der Waals surface area contributed by atoms with E-state index in [-0.39, 0.29) is 12.5 Å². The lowest BCUT2D eigenvalue weighted by Crippen LogP contribution is -2.37. The Bertz CT molecular complexity index is 925. The van der Waals surface area contributed by atoms with Gasteiger partial charge in [0, 0.05) is 17.8 Å². The number of benzene rings is 2. The summed E-state index contributed by atoms with van der Waals surface area (Å²) >= 11 is 0. The van der Waals surface area contributed by atoms with E-state index in [9.17, 15) is 14.4 Å². The van der Waals surface area contributed by atoms with Crippen LogP contribution in [-0.4, -0.2) is 37.1 Å². The SMILES string of the molecule is CCNC(=O)C(=O)N/N=C\c1ccccc1OCC(=O)Nc1ccc(C)c(C)c1. The summed E-state index contributed by atoms with van der Waals surface area (Å²) in [5.74, 6) is -1.52. The quantitative estimate of drug-likeness (QED) is 0.377. The molecule has 0 spiro atoms. The first-order valence-electron chi connectivity index (χ1n) is 9.11. The van der Waals surface area contributed by atoms with Crippen LogP contribution in [0.25, 0.3) is 0 Å². The number of amides is 3. The van der Waals surface area contributed by atoms with Crippen molar-refractivity contribution in [3.8, 4) is 5.75 Å². The van der Waals surface area contributed by atoms with Crippen molar-refractivity contribution < 1.29 is 19.1 Å². The van der Waals surface area contributed by atoms with Crippen LogP contribution in [0.5, 0.6) is 5.75 Å². The number of hydrogen-bond donors (Lipinski definition) is 3. The predicted octanol–water partition coefficient (Wildman–Crippen LogP) is 1.91. The van der Waals surface area contributed by atoms with E-state index in [1.807, 2.05) is 32.0 Å². The van der Waals surface area contributed by atoms with Gasteiger partial charge < -0.3 is 15.4 Å². The number of hydrogen-bond acceptors (Lipinski definition) is 5. The van der Waals surface area contributed by atoms with Crippen molar-refractivity contribution in [3.63, 3.8) is 0 Å². The molecule has 8 heteroatoms. The summed E-state index contributed by atoms with van der Waals surface area (Å²) in [5, 5.41) is 8.91. The third-order valence-corrected chi connectivity index (χ3v) is 3.98. The van der Waals surface area contributed by atoms with Crippen LogP contribution in [0.4, 0.5) is 5.69 Å². The minimum absolute atomic E-state index is 0.191. The number of hydrazone groups is 1. The lowest BCUT2D eigenvalue weighted by atomic mass is 10.1. The molecule has 0 bridgehead atoms. The molecular formula is C21H24N4O4. The molecule has 0 aliphatic heterocycles. The molecule has 152 valence electrons. The fourth-order valence-corrected chi connectivity index (χ4v) is 2.33. The van der Waals surface area contributed by atoms with Gasteiger partial charge in [0.2, 0.25) is 0 Å². The fraction of sp³-hybridized carbons (Fsp3) is 0.238. The maximum atomic E-state index is 12.2. The number of likely N-dealkylation sites (N-methyl/N-ethyl adjacent to an activating group) is 1. The highest BCUT2D eigenvalue weighted by Gasteiger charge is 2.11. The normalized spacial score (nSPS) is 10.4. The maximum absolute atomic E-state index is 12.2. The van der Waals surface area contributed by atoms with Crippen LogP contribution in [0, 0.1) is 13.8 Å². The van der Waals surface area contributed by atoms with Gasteiger partial charge in [-0.3, -0.25) is 14.4 Å². The predicted molar refractivity (Wildman–Crippen MR) is 111 cm³/mol. The third kappa shape index (κ3) is 6.76. The van der Waals surface area contributed by atoms with Crippen molar-refractivity contribution in [2.24, 2.45) is 5.10 Å².